The molecule has 0 aromatic heterocycles. The number of halogens is 2. The normalized spacial score (nSPS) is 12.7. The van der Waals surface area contributed by atoms with Crippen LogP contribution < -0.4 is 5.32 Å². The van der Waals surface area contributed by atoms with Gasteiger partial charge in [0.25, 0.3) is 0 Å². The molecule has 0 saturated carbocycles. The first-order valence-corrected chi connectivity index (χ1v) is 7.57. The molecule has 1 N–H and O–H groups in total. The zero-order valence-corrected chi connectivity index (χ0v) is 13.7. The van der Waals surface area contributed by atoms with Gasteiger partial charge in [0.2, 0.25) is 5.91 Å². The maximum Gasteiger partial charge on any atom is 0.221 e. The Balaban J connectivity index is 2.34. The van der Waals surface area contributed by atoms with Gasteiger partial charge in [-0.25, -0.2) is 0 Å². The standard InChI is InChI=1S/C16H9BrClNO3/c1-7(20)19-11-6-5-9(17)13-14(11)15(21)8-3-2-4-10(18)12(8)16(13)22/h2-6H,1H3,(H,19,20). The number of benzene rings is 2. The molecule has 110 valence electrons. The van der Waals surface area contributed by atoms with Crippen molar-refractivity contribution in [1.82, 2.24) is 0 Å². The molecule has 0 bridgehead atoms. The van der Waals surface area contributed by atoms with Crippen molar-refractivity contribution in [2.45, 2.75) is 6.92 Å². The van der Waals surface area contributed by atoms with Crippen LogP contribution in [0.15, 0.2) is 34.8 Å². The molecule has 0 spiro atoms. The van der Waals surface area contributed by atoms with Crippen molar-refractivity contribution in [3.05, 3.63) is 62.1 Å². The highest BCUT2D eigenvalue weighted by Gasteiger charge is 2.35. The summed E-state index contributed by atoms with van der Waals surface area (Å²) >= 11 is 9.39. The zero-order chi connectivity index (χ0) is 16.0. The number of rotatable bonds is 1. The van der Waals surface area contributed by atoms with Crippen LogP contribution in [-0.2, 0) is 4.79 Å². The van der Waals surface area contributed by atoms with E-state index >= 15 is 0 Å². The summed E-state index contributed by atoms with van der Waals surface area (Å²) in [5.74, 6) is -0.993. The van der Waals surface area contributed by atoms with Gasteiger partial charge in [0.05, 0.1) is 27.4 Å². The van der Waals surface area contributed by atoms with Gasteiger partial charge >= 0.3 is 0 Å². The van der Waals surface area contributed by atoms with E-state index in [2.05, 4.69) is 21.2 Å². The molecular weight excluding hydrogens is 370 g/mol. The summed E-state index contributed by atoms with van der Waals surface area (Å²) in [6.45, 7) is 1.34. The molecule has 1 aliphatic rings. The van der Waals surface area contributed by atoms with Crippen molar-refractivity contribution in [2.75, 3.05) is 5.32 Å². The topological polar surface area (TPSA) is 63.2 Å². The molecule has 0 fully saturated rings. The average Bonchev–Trinajstić information content (AvgIpc) is 2.45. The van der Waals surface area contributed by atoms with Crippen molar-refractivity contribution >= 4 is 50.7 Å². The molecule has 22 heavy (non-hydrogen) atoms. The van der Waals surface area contributed by atoms with Gasteiger partial charge in [0, 0.05) is 17.0 Å². The van der Waals surface area contributed by atoms with Crippen molar-refractivity contribution in [3.8, 4) is 0 Å². The van der Waals surface area contributed by atoms with Crippen molar-refractivity contribution in [3.63, 3.8) is 0 Å². The lowest BCUT2D eigenvalue weighted by molar-refractivity contribution is -0.114. The van der Waals surface area contributed by atoms with Gasteiger partial charge in [-0.2, -0.15) is 0 Å². The summed E-state index contributed by atoms with van der Waals surface area (Å²) in [7, 11) is 0. The second-order valence-corrected chi connectivity index (χ2v) is 6.11. The smallest absolute Gasteiger partial charge is 0.221 e. The number of carbonyl (C=O) groups is 3. The minimum absolute atomic E-state index is 0.185. The second-order valence-electron chi connectivity index (χ2n) is 4.85. The number of carbonyl (C=O) groups excluding carboxylic acids is 3. The van der Waals surface area contributed by atoms with Gasteiger partial charge in [-0.3, -0.25) is 14.4 Å². The van der Waals surface area contributed by atoms with E-state index in [0.29, 0.717) is 10.2 Å². The number of fused-ring (bicyclic) bond motifs is 2. The molecule has 3 rings (SSSR count). The Morgan fingerprint density at radius 2 is 1.77 bits per heavy atom. The van der Waals surface area contributed by atoms with Gasteiger partial charge < -0.3 is 5.32 Å². The Hall–Kier alpha value is -1.98. The van der Waals surface area contributed by atoms with Gasteiger partial charge in [0.1, 0.15) is 0 Å². The molecule has 2 aromatic carbocycles. The van der Waals surface area contributed by atoms with E-state index in [1.165, 1.54) is 6.92 Å². The average molecular weight is 379 g/mol. The molecule has 0 saturated heterocycles. The van der Waals surface area contributed by atoms with Gasteiger partial charge in [-0.05, 0) is 18.2 Å². The van der Waals surface area contributed by atoms with Crippen LogP contribution in [0.25, 0.3) is 0 Å². The number of hydrogen-bond donors (Lipinski definition) is 1. The lowest BCUT2D eigenvalue weighted by Gasteiger charge is -2.22. The van der Waals surface area contributed by atoms with E-state index in [1.54, 1.807) is 30.3 Å². The van der Waals surface area contributed by atoms with Crippen LogP contribution >= 0.6 is 27.5 Å². The lowest BCUT2D eigenvalue weighted by atomic mass is 9.83. The largest absolute Gasteiger partial charge is 0.326 e. The van der Waals surface area contributed by atoms with Crippen molar-refractivity contribution in [2.24, 2.45) is 0 Å². The highest BCUT2D eigenvalue weighted by atomic mass is 79.9. The second kappa shape index (κ2) is 5.34. The SMILES string of the molecule is CC(=O)Nc1ccc(Br)c2c1C(=O)c1cccc(Cl)c1C2=O. The minimum atomic E-state index is -0.339. The molecule has 0 aliphatic heterocycles. The fourth-order valence-corrected chi connectivity index (χ4v) is 3.30. The first-order valence-electron chi connectivity index (χ1n) is 6.40. The number of anilines is 1. The van der Waals surface area contributed by atoms with Crippen LogP contribution in [0.4, 0.5) is 5.69 Å². The number of hydrogen-bond acceptors (Lipinski definition) is 3. The third-order valence-electron chi connectivity index (χ3n) is 3.40. The molecule has 0 unspecified atom stereocenters. The Morgan fingerprint density at radius 3 is 2.45 bits per heavy atom. The van der Waals surface area contributed by atoms with Crippen LogP contribution in [0, 0.1) is 0 Å². The Kier molecular flexibility index (Phi) is 3.62. The van der Waals surface area contributed by atoms with E-state index in [-0.39, 0.29) is 44.8 Å². The molecule has 0 heterocycles. The van der Waals surface area contributed by atoms with Crippen LogP contribution in [-0.4, -0.2) is 17.5 Å². The van der Waals surface area contributed by atoms with Crippen LogP contribution in [0.3, 0.4) is 0 Å². The van der Waals surface area contributed by atoms with Gasteiger partial charge in [0.15, 0.2) is 11.6 Å². The fourth-order valence-electron chi connectivity index (χ4n) is 2.53. The maximum absolute atomic E-state index is 12.8. The molecule has 6 heteroatoms. The maximum atomic E-state index is 12.8. The van der Waals surface area contributed by atoms with E-state index in [1.807, 2.05) is 0 Å². The molecule has 2 aromatic rings. The quantitative estimate of drug-likeness (QED) is 0.700. The van der Waals surface area contributed by atoms with Crippen molar-refractivity contribution in [1.29, 1.82) is 0 Å². The molecule has 0 atom stereocenters. The van der Waals surface area contributed by atoms with E-state index in [9.17, 15) is 14.4 Å². The first kappa shape index (κ1) is 14.9. The van der Waals surface area contributed by atoms with Gasteiger partial charge in [-0.1, -0.05) is 39.7 Å². The first-order chi connectivity index (χ1) is 10.4. The van der Waals surface area contributed by atoms with E-state index in [0.717, 1.165) is 0 Å². The Labute approximate surface area is 139 Å². The number of ketones is 2. The highest BCUT2D eigenvalue weighted by molar-refractivity contribution is 9.10. The van der Waals surface area contributed by atoms with Crippen molar-refractivity contribution < 1.29 is 14.4 Å². The molecule has 1 amide bonds. The Bertz CT molecular complexity index is 861. The van der Waals surface area contributed by atoms with Gasteiger partial charge in [-0.15, -0.1) is 0 Å². The van der Waals surface area contributed by atoms with E-state index < -0.39 is 0 Å². The Morgan fingerprint density at radius 1 is 1.05 bits per heavy atom. The minimum Gasteiger partial charge on any atom is -0.326 e. The molecule has 0 radical (unpaired) electrons. The third kappa shape index (κ3) is 2.17. The molecular formula is C16H9BrClNO3. The summed E-state index contributed by atoms with van der Waals surface area (Å²) in [5.41, 5.74) is 1.16. The number of nitrogens with one attached hydrogen (secondary N) is 1. The van der Waals surface area contributed by atoms with Crippen LogP contribution in [0.1, 0.15) is 38.8 Å². The molecule has 4 nitrogen and oxygen atoms in total. The fraction of sp³-hybridized carbons (Fsp3) is 0.0625. The summed E-state index contributed by atoms with van der Waals surface area (Å²) in [6, 6.07) is 7.96. The van der Waals surface area contributed by atoms with E-state index in [4.69, 9.17) is 11.6 Å². The lowest BCUT2D eigenvalue weighted by Crippen LogP contribution is -2.24. The zero-order valence-electron chi connectivity index (χ0n) is 11.4. The summed E-state index contributed by atoms with van der Waals surface area (Å²) in [6.07, 6.45) is 0. The number of amides is 1. The summed E-state index contributed by atoms with van der Waals surface area (Å²) < 4.78 is 0.487. The predicted octanol–water partition coefficient (Wildman–Crippen LogP) is 3.84. The molecule has 1 aliphatic carbocycles. The monoisotopic (exact) mass is 377 g/mol. The van der Waals surface area contributed by atoms with Crippen LogP contribution in [0.2, 0.25) is 5.02 Å². The predicted molar refractivity (Wildman–Crippen MR) is 86.8 cm³/mol. The van der Waals surface area contributed by atoms with Crippen LogP contribution in [0.5, 0.6) is 0 Å². The summed E-state index contributed by atoms with van der Waals surface area (Å²) in [5, 5.41) is 2.83. The summed E-state index contributed by atoms with van der Waals surface area (Å²) in [4.78, 5) is 36.9. The third-order valence-corrected chi connectivity index (χ3v) is 4.38. The highest BCUT2D eigenvalue weighted by Crippen LogP contribution is 2.38.